The molecule has 8 aromatic rings. The van der Waals surface area contributed by atoms with Crippen LogP contribution >= 0.6 is 11.3 Å². The molecule has 0 amide bonds. The van der Waals surface area contributed by atoms with E-state index >= 15 is 0 Å². The minimum atomic E-state index is -0.0305. The molecule has 0 aliphatic rings. The third-order valence-electron chi connectivity index (χ3n) is 8.00. The Bertz CT molecular complexity index is 2650. The van der Waals surface area contributed by atoms with Crippen LogP contribution in [0.3, 0.4) is 0 Å². The van der Waals surface area contributed by atoms with Crippen molar-refractivity contribution < 1.29 is 29.9 Å². The number of thiazole rings is 1. The van der Waals surface area contributed by atoms with E-state index in [1.165, 1.54) is 51.6 Å². The van der Waals surface area contributed by atoms with Crippen molar-refractivity contribution >= 4 is 61.4 Å². The largest absolute Gasteiger partial charge is 0.508 e. The van der Waals surface area contributed by atoms with Crippen molar-refractivity contribution in [1.29, 1.82) is 0 Å². The number of hydrogen-bond acceptors (Lipinski definition) is 14. The SMILES string of the molecule is Cc1cc(O)cc(-n2nc3ccc(OC=Nc4cc5ncsc5cc4NCOc4ccc5nn(-c6cc(O)cc(C)c6O)nc5c4)cc3n2)c1O. The van der Waals surface area contributed by atoms with Crippen molar-refractivity contribution in [3.05, 3.63) is 89.4 Å². The quantitative estimate of drug-likeness (QED) is 0.0482. The molecule has 0 radical (unpaired) electrons. The van der Waals surface area contributed by atoms with Crippen molar-refractivity contribution in [2.45, 2.75) is 13.8 Å². The van der Waals surface area contributed by atoms with Crippen LogP contribution in [0.4, 0.5) is 11.4 Å². The Morgan fingerprint density at radius 1 is 0.706 bits per heavy atom. The van der Waals surface area contributed by atoms with Gasteiger partial charge in [-0.2, -0.15) is 0 Å². The van der Waals surface area contributed by atoms with E-state index in [2.05, 4.69) is 35.7 Å². The minimum absolute atomic E-state index is 0.00428. The van der Waals surface area contributed by atoms with Gasteiger partial charge in [-0.15, -0.1) is 41.3 Å². The molecule has 0 spiro atoms. The summed E-state index contributed by atoms with van der Waals surface area (Å²) in [6.07, 6.45) is 1.32. The van der Waals surface area contributed by atoms with Gasteiger partial charge in [-0.1, -0.05) is 0 Å². The van der Waals surface area contributed by atoms with Gasteiger partial charge in [-0.3, -0.25) is 0 Å². The van der Waals surface area contributed by atoms with E-state index in [0.717, 1.165) is 10.2 Å². The molecular weight excluding hydrogens is 675 g/mol. The molecule has 5 aromatic carbocycles. The minimum Gasteiger partial charge on any atom is -0.508 e. The molecule has 16 heteroatoms. The number of phenolic OH excluding ortho intramolecular Hbond substituents is 4. The molecule has 254 valence electrons. The molecule has 8 rings (SSSR count). The van der Waals surface area contributed by atoms with Crippen LogP contribution in [0.5, 0.6) is 34.5 Å². The number of aryl methyl sites for hydroxylation is 2. The van der Waals surface area contributed by atoms with Crippen molar-refractivity contribution in [2.24, 2.45) is 4.99 Å². The first-order valence-electron chi connectivity index (χ1n) is 15.4. The molecular formula is C35H27N9O6S. The fourth-order valence-electron chi connectivity index (χ4n) is 5.44. The summed E-state index contributed by atoms with van der Waals surface area (Å²) in [6.45, 7) is 3.46. The second-order valence-corrected chi connectivity index (χ2v) is 12.4. The Morgan fingerprint density at radius 3 is 1.94 bits per heavy atom. The lowest BCUT2D eigenvalue weighted by molar-refractivity contribution is 0.347. The van der Waals surface area contributed by atoms with Gasteiger partial charge in [0.25, 0.3) is 0 Å². The zero-order valence-corrected chi connectivity index (χ0v) is 27.7. The number of ether oxygens (including phenoxy) is 2. The molecule has 0 saturated carbocycles. The number of aromatic nitrogens is 7. The summed E-state index contributed by atoms with van der Waals surface area (Å²) in [6, 6.07) is 19.9. The number of nitrogens with one attached hydrogen (secondary N) is 1. The van der Waals surface area contributed by atoms with E-state index in [9.17, 15) is 20.4 Å². The molecule has 51 heavy (non-hydrogen) atoms. The van der Waals surface area contributed by atoms with Crippen molar-refractivity contribution in [2.75, 3.05) is 12.0 Å². The third-order valence-corrected chi connectivity index (χ3v) is 8.79. The van der Waals surface area contributed by atoms with Gasteiger partial charge in [-0.05, 0) is 73.5 Å². The van der Waals surface area contributed by atoms with Gasteiger partial charge in [0, 0.05) is 24.3 Å². The Kier molecular flexibility index (Phi) is 7.68. The summed E-state index contributed by atoms with van der Waals surface area (Å²) in [5.41, 5.74) is 7.50. The lowest BCUT2D eigenvalue weighted by Gasteiger charge is -2.11. The van der Waals surface area contributed by atoms with E-state index in [1.54, 1.807) is 55.8 Å². The highest BCUT2D eigenvalue weighted by Crippen LogP contribution is 2.34. The normalized spacial score (nSPS) is 11.6. The molecule has 0 bridgehead atoms. The number of aliphatic imine (C=N–C) groups is 1. The Hall–Kier alpha value is -6.94. The number of nitrogens with zero attached hydrogens (tertiary/aromatic N) is 8. The molecule has 3 heterocycles. The molecule has 3 aromatic heterocycles. The van der Waals surface area contributed by atoms with E-state index in [-0.39, 0.29) is 41.1 Å². The molecule has 0 aliphatic carbocycles. The molecule has 0 atom stereocenters. The van der Waals surface area contributed by atoms with Crippen molar-refractivity contribution in [1.82, 2.24) is 35.0 Å². The lowest BCUT2D eigenvalue weighted by atomic mass is 10.2. The van der Waals surface area contributed by atoms with Gasteiger partial charge in [-0.25, -0.2) is 9.98 Å². The first-order chi connectivity index (χ1) is 24.7. The summed E-state index contributed by atoms with van der Waals surface area (Å²) >= 11 is 1.50. The maximum Gasteiger partial charge on any atom is 0.181 e. The van der Waals surface area contributed by atoms with Gasteiger partial charge >= 0.3 is 0 Å². The number of benzene rings is 5. The topological polar surface area (TPSA) is 198 Å². The molecule has 15 nitrogen and oxygen atoms in total. The zero-order valence-electron chi connectivity index (χ0n) is 26.9. The van der Waals surface area contributed by atoms with Crippen LogP contribution in [0, 0.1) is 13.8 Å². The first kappa shape index (κ1) is 31.3. The van der Waals surface area contributed by atoms with E-state index in [4.69, 9.17) is 9.47 Å². The van der Waals surface area contributed by atoms with Gasteiger partial charge in [0.15, 0.2) is 13.1 Å². The Morgan fingerprint density at radius 2 is 1.29 bits per heavy atom. The smallest absolute Gasteiger partial charge is 0.181 e. The van der Waals surface area contributed by atoms with Crippen LogP contribution in [-0.2, 0) is 0 Å². The summed E-state index contributed by atoms with van der Waals surface area (Å²) < 4.78 is 12.8. The van der Waals surface area contributed by atoms with Crippen molar-refractivity contribution in [3.63, 3.8) is 0 Å². The molecule has 0 unspecified atom stereocenters. The number of hydrogen-bond donors (Lipinski definition) is 5. The fraction of sp³-hybridized carbons (Fsp3) is 0.0857. The highest BCUT2D eigenvalue weighted by Gasteiger charge is 2.15. The van der Waals surface area contributed by atoms with E-state index < -0.39 is 0 Å². The average Bonchev–Trinajstić information content (AvgIpc) is 3.85. The molecule has 5 N–H and O–H groups in total. The number of phenols is 4. The molecule has 0 saturated heterocycles. The van der Waals surface area contributed by atoms with Gasteiger partial charge in [0.05, 0.1) is 27.1 Å². The van der Waals surface area contributed by atoms with Crippen LogP contribution < -0.4 is 14.8 Å². The second kappa shape index (κ2) is 12.5. The summed E-state index contributed by atoms with van der Waals surface area (Å²) in [5, 5.41) is 62.0. The monoisotopic (exact) mass is 701 g/mol. The fourth-order valence-corrected chi connectivity index (χ4v) is 6.14. The molecule has 0 aliphatic heterocycles. The maximum absolute atomic E-state index is 10.5. The Labute approximate surface area is 291 Å². The number of rotatable bonds is 9. The number of aromatic hydroxyl groups is 4. The van der Waals surface area contributed by atoms with Crippen LogP contribution in [0.25, 0.3) is 43.7 Å². The third kappa shape index (κ3) is 6.10. The van der Waals surface area contributed by atoms with E-state index in [1.807, 2.05) is 12.1 Å². The van der Waals surface area contributed by atoms with Gasteiger partial charge in [0.1, 0.15) is 67.9 Å². The van der Waals surface area contributed by atoms with Gasteiger partial charge in [0.2, 0.25) is 0 Å². The maximum atomic E-state index is 10.5. The van der Waals surface area contributed by atoms with Crippen LogP contribution in [0.2, 0.25) is 0 Å². The first-order valence-corrected chi connectivity index (χ1v) is 16.3. The highest BCUT2D eigenvalue weighted by molar-refractivity contribution is 7.16. The van der Waals surface area contributed by atoms with Crippen LogP contribution in [0.15, 0.2) is 83.3 Å². The van der Waals surface area contributed by atoms with E-state index in [0.29, 0.717) is 56.1 Å². The van der Waals surface area contributed by atoms with Crippen LogP contribution in [0.1, 0.15) is 11.1 Å². The van der Waals surface area contributed by atoms with Crippen LogP contribution in [-0.4, -0.2) is 68.5 Å². The average molecular weight is 702 g/mol. The molecule has 0 fully saturated rings. The number of fused-ring (bicyclic) bond motifs is 3. The summed E-state index contributed by atoms with van der Waals surface area (Å²) in [4.78, 5) is 11.5. The second-order valence-electron chi connectivity index (χ2n) is 11.5. The number of anilines is 1. The predicted octanol–water partition coefficient (Wildman–Crippen LogP) is 6.39. The standard InChI is InChI=1S/C35H27N9O6S/c1-18-7-20(45)9-31(34(18)47)43-39-24-5-3-22(11-28(24)41-43)49-15-36-26-13-30-33(51-17-38-30)14-27(26)37-16-50-23-4-6-25-29(12-23)42-44(40-25)32-10-21(46)8-19(2)35(32)48/h3-15,17,37,45-48H,16H2,1-2H3. The van der Waals surface area contributed by atoms with Crippen molar-refractivity contribution in [3.8, 4) is 45.9 Å². The summed E-state index contributed by atoms with van der Waals surface area (Å²) in [7, 11) is 0. The zero-order chi connectivity index (χ0) is 35.2. The Balaban J connectivity index is 0.977. The lowest BCUT2D eigenvalue weighted by Crippen LogP contribution is -2.09. The van der Waals surface area contributed by atoms with Gasteiger partial charge < -0.3 is 35.2 Å². The predicted molar refractivity (Wildman–Crippen MR) is 191 cm³/mol. The highest BCUT2D eigenvalue weighted by atomic mass is 32.1. The summed E-state index contributed by atoms with van der Waals surface area (Å²) in [5.74, 6) is 0.928.